The Bertz CT molecular complexity index is 2070. The van der Waals surface area contributed by atoms with Gasteiger partial charge in [0.25, 0.3) is 0 Å². The second-order valence-corrected chi connectivity index (χ2v) is 13.3. The third kappa shape index (κ3) is 3.87. The maximum atomic E-state index is 6.26. The van der Waals surface area contributed by atoms with E-state index in [1.54, 1.807) is 0 Å². The van der Waals surface area contributed by atoms with Crippen molar-refractivity contribution in [3.8, 4) is 33.4 Å². The summed E-state index contributed by atoms with van der Waals surface area (Å²) in [5.74, 6) is 0. The van der Waals surface area contributed by atoms with Crippen LogP contribution in [0.25, 0.3) is 33.4 Å². The number of anilines is 4. The molecular weight excluding hydrogens is 532 g/mol. The minimum Gasteiger partial charge on any atom is -0.399 e. The Balaban J connectivity index is 1.30. The molecule has 2 N–H and O–H groups in total. The fraction of sp³-hybridized carbons (Fsp3) is 0.143. The Labute approximate surface area is 260 Å². The van der Waals surface area contributed by atoms with Crippen molar-refractivity contribution in [2.45, 2.75) is 38.5 Å². The molecule has 0 spiro atoms. The number of fused-ring (bicyclic) bond motifs is 6. The third-order valence-corrected chi connectivity index (χ3v) is 10.00. The maximum Gasteiger partial charge on any atom is 0.0465 e. The zero-order chi connectivity index (χ0) is 30.2. The number of benzene rings is 6. The van der Waals surface area contributed by atoms with Crippen molar-refractivity contribution in [2.75, 3.05) is 10.6 Å². The summed E-state index contributed by atoms with van der Waals surface area (Å²) >= 11 is 0. The van der Waals surface area contributed by atoms with E-state index in [4.69, 9.17) is 5.73 Å². The van der Waals surface area contributed by atoms with Crippen LogP contribution in [0.1, 0.15) is 49.9 Å². The summed E-state index contributed by atoms with van der Waals surface area (Å²) in [6, 6.07) is 48.7. The molecule has 6 aromatic rings. The van der Waals surface area contributed by atoms with Crippen molar-refractivity contribution in [2.24, 2.45) is 0 Å². The van der Waals surface area contributed by atoms with E-state index in [1.165, 1.54) is 55.6 Å². The molecule has 0 saturated carbocycles. The topological polar surface area (TPSA) is 29.3 Å². The van der Waals surface area contributed by atoms with Gasteiger partial charge in [-0.2, -0.15) is 0 Å². The molecule has 44 heavy (non-hydrogen) atoms. The molecular formula is C42H36N2. The number of nitrogens with two attached hydrogens (primary N) is 1. The summed E-state index contributed by atoms with van der Waals surface area (Å²) in [5.41, 5.74) is 23.3. The quantitative estimate of drug-likeness (QED) is 0.214. The highest BCUT2D eigenvalue weighted by atomic mass is 15.1. The summed E-state index contributed by atoms with van der Waals surface area (Å²) in [7, 11) is 0. The summed E-state index contributed by atoms with van der Waals surface area (Å²) in [6.07, 6.45) is 0. The van der Waals surface area contributed by atoms with E-state index in [1.807, 2.05) is 6.07 Å². The Morgan fingerprint density at radius 3 is 1.50 bits per heavy atom. The number of nitrogen functional groups attached to an aromatic ring is 1. The van der Waals surface area contributed by atoms with E-state index in [-0.39, 0.29) is 10.8 Å². The molecule has 0 atom stereocenters. The van der Waals surface area contributed by atoms with Crippen LogP contribution in [0, 0.1) is 0 Å². The van der Waals surface area contributed by atoms with Gasteiger partial charge in [0.15, 0.2) is 0 Å². The van der Waals surface area contributed by atoms with Crippen LogP contribution in [0.2, 0.25) is 0 Å². The summed E-state index contributed by atoms with van der Waals surface area (Å²) in [4.78, 5) is 2.42. The highest BCUT2D eigenvalue weighted by Gasteiger charge is 2.37. The molecule has 2 aliphatic carbocycles. The van der Waals surface area contributed by atoms with Gasteiger partial charge in [-0.1, -0.05) is 113 Å². The predicted molar refractivity (Wildman–Crippen MR) is 186 cm³/mol. The van der Waals surface area contributed by atoms with Crippen LogP contribution in [-0.2, 0) is 10.8 Å². The van der Waals surface area contributed by atoms with Crippen LogP contribution >= 0.6 is 0 Å². The van der Waals surface area contributed by atoms with E-state index in [0.717, 1.165) is 22.7 Å². The SMILES string of the molecule is CC1(C)c2ccccc2-c2ccc(N(c3ccc(-c4ccccc4)cc3)c3ccc4c(c3)C(C)(C)c3cc(N)ccc3-4)cc21. The first-order chi connectivity index (χ1) is 21.2. The van der Waals surface area contributed by atoms with Gasteiger partial charge in [-0.3, -0.25) is 0 Å². The minimum absolute atomic E-state index is 0.0771. The highest BCUT2D eigenvalue weighted by molar-refractivity contribution is 5.89. The van der Waals surface area contributed by atoms with Crippen LogP contribution < -0.4 is 10.6 Å². The molecule has 0 fully saturated rings. The predicted octanol–water partition coefficient (Wildman–Crippen LogP) is 11.0. The van der Waals surface area contributed by atoms with Crippen molar-refractivity contribution in [3.63, 3.8) is 0 Å². The molecule has 6 aromatic carbocycles. The van der Waals surface area contributed by atoms with Crippen molar-refractivity contribution in [1.82, 2.24) is 0 Å². The van der Waals surface area contributed by atoms with Crippen LogP contribution in [0.5, 0.6) is 0 Å². The second kappa shape index (κ2) is 9.46. The lowest BCUT2D eigenvalue weighted by molar-refractivity contribution is 0.660. The first kappa shape index (κ1) is 26.5. The van der Waals surface area contributed by atoms with Crippen LogP contribution in [0.3, 0.4) is 0 Å². The molecule has 2 aliphatic rings. The molecule has 2 nitrogen and oxygen atoms in total. The van der Waals surface area contributed by atoms with Gasteiger partial charge in [0, 0.05) is 33.6 Å². The van der Waals surface area contributed by atoms with Crippen LogP contribution in [0.15, 0.2) is 133 Å². The number of hydrogen-bond donors (Lipinski definition) is 1. The zero-order valence-corrected chi connectivity index (χ0v) is 25.7. The molecule has 0 amide bonds. The fourth-order valence-corrected chi connectivity index (χ4v) is 7.59. The maximum absolute atomic E-state index is 6.26. The van der Waals surface area contributed by atoms with Crippen molar-refractivity contribution < 1.29 is 0 Å². The van der Waals surface area contributed by atoms with E-state index >= 15 is 0 Å². The lowest BCUT2D eigenvalue weighted by Crippen LogP contribution is -2.18. The average Bonchev–Trinajstić information content (AvgIpc) is 3.41. The van der Waals surface area contributed by atoms with Gasteiger partial charge in [-0.15, -0.1) is 0 Å². The van der Waals surface area contributed by atoms with Gasteiger partial charge >= 0.3 is 0 Å². The first-order valence-electron chi connectivity index (χ1n) is 15.5. The van der Waals surface area contributed by atoms with Crippen LogP contribution in [-0.4, -0.2) is 0 Å². The lowest BCUT2D eigenvalue weighted by Gasteiger charge is -2.30. The van der Waals surface area contributed by atoms with E-state index in [0.29, 0.717) is 0 Å². The summed E-state index contributed by atoms with van der Waals surface area (Å²) in [5, 5.41) is 0. The standard InChI is InChI=1S/C42H36N2/c1-41(2)37-13-9-8-12-33(37)35-22-19-31(25-39(35)41)44(30-17-14-28(15-18-30)27-10-6-5-7-11-27)32-20-23-36-34-21-16-29(43)24-38(34)42(3,4)40(36)26-32/h5-26H,43H2,1-4H3. The van der Waals surface area contributed by atoms with Gasteiger partial charge < -0.3 is 10.6 Å². The Morgan fingerprint density at radius 1 is 0.409 bits per heavy atom. The number of nitrogens with zero attached hydrogens (tertiary/aromatic N) is 1. The molecule has 0 aliphatic heterocycles. The van der Waals surface area contributed by atoms with Crippen LogP contribution in [0.4, 0.5) is 22.7 Å². The van der Waals surface area contributed by atoms with Gasteiger partial charge in [0.2, 0.25) is 0 Å². The second-order valence-electron chi connectivity index (χ2n) is 13.3. The number of rotatable bonds is 4. The Hall–Kier alpha value is -5.08. The van der Waals surface area contributed by atoms with E-state index in [9.17, 15) is 0 Å². The highest BCUT2D eigenvalue weighted by Crippen LogP contribution is 2.53. The monoisotopic (exact) mass is 568 g/mol. The minimum atomic E-state index is -0.152. The molecule has 0 heterocycles. The Morgan fingerprint density at radius 2 is 0.864 bits per heavy atom. The van der Waals surface area contributed by atoms with Gasteiger partial charge in [0.1, 0.15) is 0 Å². The Kier molecular flexibility index (Phi) is 5.71. The van der Waals surface area contributed by atoms with E-state index < -0.39 is 0 Å². The van der Waals surface area contributed by atoms with E-state index in [2.05, 4.69) is 160 Å². The normalized spacial score (nSPS) is 14.8. The van der Waals surface area contributed by atoms with Crippen molar-refractivity contribution in [3.05, 3.63) is 156 Å². The average molecular weight is 569 g/mol. The smallest absolute Gasteiger partial charge is 0.0465 e. The largest absolute Gasteiger partial charge is 0.399 e. The lowest BCUT2D eigenvalue weighted by atomic mass is 9.82. The molecule has 0 bridgehead atoms. The zero-order valence-electron chi connectivity index (χ0n) is 25.7. The summed E-state index contributed by atoms with van der Waals surface area (Å²) in [6.45, 7) is 9.33. The molecule has 0 aromatic heterocycles. The third-order valence-electron chi connectivity index (χ3n) is 10.00. The number of hydrogen-bond acceptors (Lipinski definition) is 2. The molecule has 0 saturated heterocycles. The van der Waals surface area contributed by atoms with Gasteiger partial charge in [-0.25, -0.2) is 0 Å². The molecule has 2 heteroatoms. The first-order valence-corrected chi connectivity index (χ1v) is 15.5. The fourth-order valence-electron chi connectivity index (χ4n) is 7.59. The summed E-state index contributed by atoms with van der Waals surface area (Å²) < 4.78 is 0. The molecule has 214 valence electrons. The van der Waals surface area contributed by atoms with Gasteiger partial charge in [-0.05, 0) is 104 Å². The molecule has 0 unspecified atom stereocenters. The van der Waals surface area contributed by atoms with Crippen molar-refractivity contribution >= 4 is 22.7 Å². The molecule has 8 rings (SSSR count). The van der Waals surface area contributed by atoms with Gasteiger partial charge in [0.05, 0.1) is 0 Å². The van der Waals surface area contributed by atoms with Crippen molar-refractivity contribution in [1.29, 1.82) is 0 Å². The molecule has 0 radical (unpaired) electrons.